The lowest BCUT2D eigenvalue weighted by Crippen LogP contribution is -2.15. The Morgan fingerprint density at radius 3 is 1.77 bits per heavy atom. The molecular weight excluding hydrogens is 308 g/mol. The molecular formula is C15H30O6S. The molecule has 7 heteroatoms. The molecule has 1 N–H and O–H groups in total. The number of hydrogen-bond donors (Lipinski definition) is 1. The summed E-state index contributed by atoms with van der Waals surface area (Å²) in [5.74, 6) is -0.611. The fraction of sp³-hybridized carbons (Fsp3) is 0.933. The molecule has 0 amide bonds. The summed E-state index contributed by atoms with van der Waals surface area (Å²) in [6.07, 6.45) is 11.1. The van der Waals surface area contributed by atoms with Crippen LogP contribution in [0, 0.1) is 0 Å². The van der Waals surface area contributed by atoms with E-state index in [9.17, 15) is 13.2 Å². The molecule has 0 spiro atoms. The number of carbonyl (C=O) groups excluding carboxylic acids is 1. The average molecular weight is 338 g/mol. The Bertz CT molecular complexity index is 366. The molecule has 0 aliphatic carbocycles. The van der Waals surface area contributed by atoms with Crippen molar-refractivity contribution in [3.8, 4) is 0 Å². The van der Waals surface area contributed by atoms with Crippen LogP contribution in [0.2, 0.25) is 0 Å². The van der Waals surface area contributed by atoms with Crippen molar-refractivity contribution in [3.63, 3.8) is 0 Å². The van der Waals surface area contributed by atoms with Crippen molar-refractivity contribution in [1.29, 1.82) is 0 Å². The first kappa shape index (κ1) is 21.2. The van der Waals surface area contributed by atoms with Crippen LogP contribution in [-0.2, 0) is 19.6 Å². The molecule has 0 saturated heterocycles. The molecule has 0 aliphatic heterocycles. The van der Waals surface area contributed by atoms with Crippen molar-refractivity contribution < 1.29 is 27.2 Å². The van der Waals surface area contributed by atoms with E-state index < -0.39 is 28.6 Å². The summed E-state index contributed by atoms with van der Waals surface area (Å²) in [6, 6.07) is 0. The van der Waals surface area contributed by atoms with E-state index in [4.69, 9.17) is 9.29 Å². The molecule has 0 heterocycles. The van der Waals surface area contributed by atoms with Gasteiger partial charge in [0.05, 0.1) is 6.61 Å². The van der Waals surface area contributed by atoms with Gasteiger partial charge in [0.15, 0.2) is 0 Å². The van der Waals surface area contributed by atoms with Crippen molar-refractivity contribution in [2.75, 3.05) is 19.0 Å². The summed E-state index contributed by atoms with van der Waals surface area (Å²) >= 11 is 0. The molecule has 0 atom stereocenters. The highest BCUT2D eigenvalue weighted by atomic mass is 32.2. The van der Waals surface area contributed by atoms with Crippen LogP contribution in [0.5, 0.6) is 0 Å². The Balaban J connectivity index is 3.23. The van der Waals surface area contributed by atoms with Gasteiger partial charge in [-0.25, -0.2) is 4.79 Å². The zero-order valence-corrected chi connectivity index (χ0v) is 14.4. The molecule has 0 aromatic rings. The molecule has 0 saturated carbocycles. The summed E-state index contributed by atoms with van der Waals surface area (Å²) in [7, 11) is -4.10. The van der Waals surface area contributed by atoms with Gasteiger partial charge in [0, 0.05) is 0 Å². The third kappa shape index (κ3) is 17.2. The van der Waals surface area contributed by atoms with Crippen LogP contribution in [-0.4, -0.2) is 38.1 Å². The highest BCUT2D eigenvalue weighted by Crippen LogP contribution is 2.10. The number of ether oxygens (including phenoxy) is 2. The second-order valence-corrected chi connectivity index (χ2v) is 6.99. The third-order valence-electron chi connectivity index (χ3n) is 3.28. The van der Waals surface area contributed by atoms with Crippen LogP contribution in [0.15, 0.2) is 0 Å². The average Bonchev–Trinajstić information content (AvgIpc) is 2.43. The summed E-state index contributed by atoms with van der Waals surface area (Å²) in [5.41, 5.74) is 0. The topological polar surface area (TPSA) is 89.9 Å². The molecule has 0 aromatic carbocycles. The van der Waals surface area contributed by atoms with Crippen molar-refractivity contribution in [1.82, 2.24) is 0 Å². The normalized spacial score (nSPS) is 11.4. The molecule has 0 rings (SSSR count). The number of unbranched alkanes of at least 4 members (excludes halogenated alkanes) is 9. The van der Waals surface area contributed by atoms with Crippen LogP contribution in [0.25, 0.3) is 0 Å². The van der Waals surface area contributed by atoms with Gasteiger partial charge in [-0.3, -0.25) is 4.55 Å². The van der Waals surface area contributed by atoms with Gasteiger partial charge in [-0.2, -0.15) is 8.42 Å². The molecule has 0 unspecified atom stereocenters. The lowest BCUT2D eigenvalue weighted by atomic mass is 10.1. The maximum absolute atomic E-state index is 11.1. The fourth-order valence-corrected chi connectivity index (χ4v) is 2.31. The first-order chi connectivity index (χ1) is 10.5. The molecule has 0 aromatic heterocycles. The summed E-state index contributed by atoms with van der Waals surface area (Å²) in [6.45, 7) is 2.10. The van der Waals surface area contributed by atoms with E-state index in [1.54, 1.807) is 0 Å². The van der Waals surface area contributed by atoms with Gasteiger partial charge in [0.25, 0.3) is 10.1 Å². The maximum atomic E-state index is 11.1. The third-order valence-corrected chi connectivity index (χ3v) is 3.96. The van der Waals surface area contributed by atoms with Gasteiger partial charge in [0.2, 0.25) is 0 Å². The van der Waals surface area contributed by atoms with E-state index in [-0.39, 0.29) is 6.61 Å². The van der Waals surface area contributed by atoms with Crippen LogP contribution >= 0.6 is 0 Å². The molecule has 0 fully saturated rings. The van der Waals surface area contributed by atoms with Crippen LogP contribution in [0.4, 0.5) is 4.79 Å². The van der Waals surface area contributed by atoms with Gasteiger partial charge in [-0.1, -0.05) is 64.7 Å². The lowest BCUT2D eigenvalue weighted by molar-refractivity contribution is 0.0581. The molecule has 22 heavy (non-hydrogen) atoms. The predicted molar refractivity (Wildman–Crippen MR) is 85.6 cm³/mol. The van der Waals surface area contributed by atoms with Gasteiger partial charge < -0.3 is 9.47 Å². The van der Waals surface area contributed by atoms with Crippen LogP contribution in [0.1, 0.15) is 71.1 Å². The Labute approximate surface area is 134 Å². The van der Waals surface area contributed by atoms with E-state index in [1.165, 1.54) is 44.9 Å². The summed E-state index contributed by atoms with van der Waals surface area (Å²) < 4.78 is 38.5. The van der Waals surface area contributed by atoms with Crippen LogP contribution in [0.3, 0.4) is 0 Å². The standard InChI is InChI=1S/C15H30O6S/c1-2-3-4-5-6-7-8-9-10-11-12-20-15(16)21-13-14-22(17,18)19/h2-14H2,1H3,(H,17,18,19). The quantitative estimate of drug-likeness (QED) is 0.293. The summed E-state index contributed by atoms with van der Waals surface area (Å²) in [4.78, 5) is 11.1. The SMILES string of the molecule is CCCCCCCCCCCCOC(=O)OCCS(=O)(=O)O. The minimum atomic E-state index is -4.10. The molecule has 0 aliphatic rings. The van der Waals surface area contributed by atoms with Crippen molar-refractivity contribution in [2.45, 2.75) is 71.1 Å². The molecule has 0 bridgehead atoms. The van der Waals surface area contributed by atoms with E-state index in [0.29, 0.717) is 0 Å². The van der Waals surface area contributed by atoms with E-state index >= 15 is 0 Å². The van der Waals surface area contributed by atoms with Crippen molar-refractivity contribution in [3.05, 3.63) is 0 Å². The maximum Gasteiger partial charge on any atom is 0.508 e. The zero-order chi connectivity index (χ0) is 16.7. The first-order valence-corrected chi connectivity index (χ1v) is 9.81. The first-order valence-electron chi connectivity index (χ1n) is 8.20. The lowest BCUT2D eigenvalue weighted by Gasteiger charge is -2.05. The number of rotatable bonds is 14. The summed E-state index contributed by atoms with van der Waals surface area (Å²) in [5, 5.41) is 0. The fourth-order valence-electron chi connectivity index (χ4n) is 2.02. The van der Waals surface area contributed by atoms with Gasteiger partial charge in [-0.05, 0) is 6.42 Å². The van der Waals surface area contributed by atoms with Crippen molar-refractivity contribution in [2.24, 2.45) is 0 Å². The largest absolute Gasteiger partial charge is 0.508 e. The second-order valence-electron chi connectivity index (χ2n) is 5.41. The highest BCUT2D eigenvalue weighted by molar-refractivity contribution is 7.85. The van der Waals surface area contributed by atoms with E-state index in [1.807, 2.05) is 0 Å². The second kappa shape index (κ2) is 13.8. The monoisotopic (exact) mass is 338 g/mol. The Hall–Kier alpha value is -0.820. The van der Waals surface area contributed by atoms with Gasteiger partial charge in [-0.15, -0.1) is 0 Å². The zero-order valence-electron chi connectivity index (χ0n) is 13.6. The molecule has 0 radical (unpaired) electrons. The predicted octanol–water partition coefficient (Wildman–Crippen LogP) is 3.95. The number of hydrogen-bond acceptors (Lipinski definition) is 5. The Morgan fingerprint density at radius 2 is 1.27 bits per heavy atom. The smallest absolute Gasteiger partial charge is 0.434 e. The highest BCUT2D eigenvalue weighted by Gasteiger charge is 2.08. The van der Waals surface area contributed by atoms with Gasteiger partial charge in [0.1, 0.15) is 12.4 Å². The van der Waals surface area contributed by atoms with Crippen LogP contribution < -0.4 is 0 Å². The molecule has 132 valence electrons. The minimum absolute atomic E-state index is 0.279. The molecule has 6 nitrogen and oxygen atoms in total. The minimum Gasteiger partial charge on any atom is -0.434 e. The number of carbonyl (C=O) groups is 1. The Kier molecular flexibility index (Phi) is 13.3. The van der Waals surface area contributed by atoms with E-state index in [0.717, 1.165) is 19.3 Å². The Morgan fingerprint density at radius 1 is 0.818 bits per heavy atom. The van der Waals surface area contributed by atoms with E-state index in [2.05, 4.69) is 11.7 Å². The van der Waals surface area contributed by atoms with Gasteiger partial charge >= 0.3 is 6.16 Å². The van der Waals surface area contributed by atoms with Crippen molar-refractivity contribution >= 4 is 16.3 Å².